The molecule has 3 aromatic rings. The first-order chi connectivity index (χ1) is 42.6. The lowest BCUT2D eigenvalue weighted by molar-refractivity contribution is -0.149. The van der Waals surface area contributed by atoms with E-state index in [0.717, 1.165) is 25.7 Å². The standard InChI is InChI=1S/C66H94ClF2N11O11/c1-16-41(6)59-66(91)76(11)37-57(83)74(9)38-58(84)78(13)53(34-45-22-26-47(67)27-23-45)64(89)75(10)36-55(81)71-50(29-25-46-24-28-48(68)35-49(46)69)61(86)72-51(30-39(2)3)63(88)80(15)54(33-44-20-18-17-19-21-44)65(90)79(14)52(31-40(4)5)62(87)70-42(7)32-56(82)77(12)43(8)60(85)73-59/h17-24,26-28,35,39-43,50-54,59H,16,25,29-34,36-38H2,1-15H3,(H,70,87)(H,71,81)(H,72,86)(H,73,85)/t41-,42+,43-,50-,51-,52-,53-,54-,59-/m0/s1. The lowest BCUT2D eigenvalue weighted by Gasteiger charge is -2.37. The minimum absolute atomic E-state index is 0.00664. The van der Waals surface area contributed by atoms with Gasteiger partial charge in [-0.3, -0.25) is 52.7 Å². The molecule has 0 spiro atoms. The summed E-state index contributed by atoms with van der Waals surface area (Å²) < 4.78 is 29.3. The second-order valence-electron chi connectivity index (χ2n) is 25.0. The van der Waals surface area contributed by atoms with E-state index in [0.29, 0.717) is 28.6 Å². The predicted octanol–water partition coefficient (Wildman–Crippen LogP) is 4.24. The van der Waals surface area contributed by atoms with Crippen molar-refractivity contribution in [1.29, 1.82) is 0 Å². The van der Waals surface area contributed by atoms with Crippen molar-refractivity contribution in [2.45, 2.75) is 155 Å². The molecule has 1 saturated heterocycles. The number of halogens is 3. The summed E-state index contributed by atoms with van der Waals surface area (Å²) in [4.78, 5) is 167. The lowest BCUT2D eigenvalue weighted by atomic mass is 9.97. The Kier molecular flexibility index (Phi) is 29.0. The van der Waals surface area contributed by atoms with Gasteiger partial charge in [0.1, 0.15) is 53.9 Å². The maximum Gasteiger partial charge on any atom is 0.246 e. The number of nitrogens with zero attached hydrogens (tertiary/aromatic N) is 7. The molecule has 500 valence electrons. The smallest absolute Gasteiger partial charge is 0.246 e. The van der Waals surface area contributed by atoms with Gasteiger partial charge in [0.2, 0.25) is 65.0 Å². The average molecular weight is 1290 g/mol. The number of hydrogen-bond donors (Lipinski definition) is 4. The first kappa shape index (κ1) is 75.4. The number of aryl methyl sites for hydroxylation is 1. The molecule has 1 heterocycles. The number of hydrogen-bond acceptors (Lipinski definition) is 11. The average Bonchev–Trinajstić information content (AvgIpc) is 1.67. The normalized spacial score (nSPS) is 23.6. The van der Waals surface area contributed by atoms with Crippen LogP contribution in [0.15, 0.2) is 72.8 Å². The third-order valence-electron chi connectivity index (χ3n) is 16.7. The highest BCUT2D eigenvalue weighted by Gasteiger charge is 2.40. The Labute approximate surface area is 539 Å². The molecular formula is C66H94ClF2N11O11. The van der Waals surface area contributed by atoms with Gasteiger partial charge in [-0.05, 0) is 92.2 Å². The largest absolute Gasteiger partial charge is 0.351 e. The zero-order valence-electron chi connectivity index (χ0n) is 55.3. The number of likely N-dealkylation sites (N-methyl/N-ethyl adjacent to an activating group) is 7. The van der Waals surface area contributed by atoms with Crippen molar-refractivity contribution in [2.24, 2.45) is 17.8 Å². The van der Waals surface area contributed by atoms with Crippen molar-refractivity contribution in [1.82, 2.24) is 55.6 Å². The molecule has 9 atom stereocenters. The minimum Gasteiger partial charge on any atom is -0.351 e. The molecule has 0 bridgehead atoms. The fourth-order valence-corrected chi connectivity index (χ4v) is 10.7. The molecule has 11 amide bonds. The summed E-state index contributed by atoms with van der Waals surface area (Å²) in [5, 5.41) is 11.5. The van der Waals surface area contributed by atoms with Gasteiger partial charge in [-0.2, -0.15) is 0 Å². The summed E-state index contributed by atoms with van der Waals surface area (Å²) in [6.45, 7) is 12.2. The Morgan fingerprint density at radius 1 is 0.527 bits per heavy atom. The predicted molar refractivity (Wildman–Crippen MR) is 341 cm³/mol. The molecule has 25 heteroatoms. The van der Waals surface area contributed by atoms with Crippen molar-refractivity contribution >= 4 is 76.6 Å². The van der Waals surface area contributed by atoms with E-state index in [-0.39, 0.29) is 62.3 Å². The van der Waals surface area contributed by atoms with Gasteiger partial charge in [-0.15, -0.1) is 0 Å². The van der Waals surface area contributed by atoms with Crippen LogP contribution in [-0.2, 0) is 72.0 Å². The van der Waals surface area contributed by atoms with Gasteiger partial charge in [0, 0.05) is 85.7 Å². The van der Waals surface area contributed by atoms with E-state index in [1.165, 1.54) is 77.0 Å². The van der Waals surface area contributed by atoms with Crippen LogP contribution in [0.3, 0.4) is 0 Å². The summed E-state index contributed by atoms with van der Waals surface area (Å²) in [5.41, 5.74) is 1.23. The Morgan fingerprint density at radius 2 is 1.09 bits per heavy atom. The van der Waals surface area contributed by atoms with Crippen LogP contribution in [0, 0.1) is 29.4 Å². The van der Waals surface area contributed by atoms with E-state index in [9.17, 15) is 47.5 Å². The number of carbonyl (C=O) groups excluding carboxylic acids is 11. The summed E-state index contributed by atoms with van der Waals surface area (Å²) in [6, 6.07) is 8.56. The molecule has 0 unspecified atom stereocenters. The van der Waals surface area contributed by atoms with Crippen LogP contribution >= 0.6 is 11.6 Å². The van der Waals surface area contributed by atoms with Gasteiger partial charge < -0.3 is 55.6 Å². The SMILES string of the molecule is CC[C@H](C)[C@@H]1NC(=O)[C@H](C)N(C)C(=O)C[C@@H](C)NC(=O)[C@H](CC(C)C)N(C)C(=O)[C@H](Cc2ccccc2)N(C)C(=O)[C@H](CC(C)C)NC(=O)[C@H](CCc2ccc(F)cc2F)NC(=O)CN(C)C(=O)[C@H](Cc2ccc(Cl)cc2)N(C)C(=O)CN(C)C(=O)CN(C)C1=O. The van der Waals surface area contributed by atoms with E-state index in [2.05, 4.69) is 21.3 Å². The molecule has 1 fully saturated rings. The van der Waals surface area contributed by atoms with Crippen LogP contribution in [0.2, 0.25) is 5.02 Å². The third kappa shape index (κ3) is 22.1. The second kappa shape index (κ2) is 35.0. The molecule has 4 N–H and O–H groups in total. The van der Waals surface area contributed by atoms with E-state index in [1.54, 1.807) is 68.4 Å². The highest BCUT2D eigenvalue weighted by molar-refractivity contribution is 6.30. The molecule has 0 aliphatic carbocycles. The van der Waals surface area contributed by atoms with E-state index in [4.69, 9.17) is 11.6 Å². The molecule has 4 rings (SSSR count). The highest BCUT2D eigenvalue weighted by Crippen LogP contribution is 2.22. The molecule has 0 saturated carbocycles. The van der Waals surface area contributed by atoms with E-state index >= 15 is 14.0 Å². The first-order valence-corrected chi connectivity index (χ1v) is 31.2. The Bertz CT molecular complexity index is 3050. The van der Waals surface area contributed by atoms with Crippen molar-refractivity contribution in [3.8, 4) is 0 Å². The molecule has 1 aliphatic heterocycles. The molecule has 3 aromatic carbocycles. The summed E-state index contributed by atoms with van der Waals surface area (Å²) in [7, 11) is 9.63. The lowest BCUT2D eigenvalue weighted by Crippen LogP contribution is -2.60. The fraction of sp³-hybridized carbons (Fsp3) is 0.561. The van der Waals surface area contributed by atoms with Gasteiger partial charge in [-0.1, -0.05) is 108 Å². The van der Waals surface area contributed by atoms with Crippen molar-refractivity contribution in [2.75, 3.05) is 69.0 Å². The zero-order valence-corrected chi connectivity index (χ0v) is 56.1. The van der Waals surface area contributed by atoms with Gasteiger partial charge in [0.05, 0.1) is 19.6 Å². The van der Waals surface area contributed by atoms with Gasteiger partial charge in [0.25, 0.3) is 0 Å². The maximum atomic E-state index is 15.2. The monoisotopic (exact) mass is 1290 g/mol. The Balaban J connectivity index is 1.85. The zero-order chi connectivity index (χ0) is 68.3. The van der Waals surface area contributed by atoms with Gasteiger partial charge >= 0.3 is 0 Å². The first-order valence-electron chi connectivity index (χ1n) is 30.9. The number of amides is 11. The topological polar surface area (TPSA) is 259 Å². The van der Waals surface area contributed by atoms with E-state index < -0.39 is 151 Å². The van der Waals surface area contributed by atoms with Crippen LogP contribution in [-0.4, -0.2) is 217 Å². The summed E-state index contributed by atoms with van der Waals surface area (Å²) in [6.07, 6.45) is -0.315. The maximum absolute atomic E-state index is 15.2. The van der Waals surface area contributed by atoms with Gasteiger partial charge in [0.15, 0.2) is 0 Å². The minimum atomic E-state index is -1.52. The fourth-order valence-electron chi connectivity index (χ4n) is 10.5. The van der Waals surface area contributed by atoms with Crippen LogP contribution in [0.5, 0.6) is 0 Å². The number of nitrogens with one attached hydrogen (secondary N) is 4. The number of rotatable bonds is 13. The number of benzene rings is 3. The van der Waals surface area contributed by atoms with Crippen molar-refractivity contribution in [3.05, 3.63) is 106 Å². The number of carbonyl (C=O) groups is 11. The van der Waals surface area contributed by atoms with Crippen LogP contribution < -0.4 is 21.3 Å². The molecule has 0 aromatic heterocycles. The highest BCUT2D eigenvalue weighted by atomic mass is 35.5. The molecule has 0 radical (unpaired) electrons. The molecule has 91 heavy (non-hydrogen) atoms. The third-order valence-corrected chi connectivity index (χ3v) is 16.9. The van der Waals surface area contributed by atoms with Crippen LogP contribution in [0.4, 0.5) is 8.78 Å². The Morgan fingerprint density at radius 3 is 1.67 bits per heavy atom. The van der Waals surface area contributed by atoms with Crippen molar-refractivity contribution < 1.29 is 61.5 Å². The van der Waals surface area contributed by atoms with Crippen LogP contribution in [0.25, 0.3) is 0 Å². The van der Waals surface area contributed by atoms with E-state index in [1.807, 2.05) is 34.6 Å². The van der Waals surface area contributed by atoms with Crippen molar-refractivity contribution in [3.63, 3.8) is 0 Å². The second-order valence-corrected chi connectivity index (χ2v) is 25.4. The molecule has 22 nitrogen and oxygen atoms in total. The summed E-state index contributed by atoms with van der Waals surface area (Å²) >= 11 is 6.20. The molecular weight excluding hydrogens is 1200 g/mol. The quantitative estimate of drug-likeness (QED) is 0.188. The molecule has 1 aliphatic rings. The van der Waals surface area contributed by atoms with Crippen LogP contribution in [0.1, 0.15) is 104 Å². The Hall–Kier alpha value is -8.02. The van der Waals surface area contributed by atoms with Gasteiger partial charge in [-0.25, -0.2) is 8.78 Å². The summed E-state index contributed by atoms with van der Waals surface area (Å²) in [5.74, 6) is -10.3.